The zero-order valence-corrected chi connectivity index (χ0v) is 6.34. The molecule has 2 rings (SSSR count). The Labute approximate surface area is 65.6 Å². The summed E-state index contributed by atoms with van der Waals surface area (Å²) in [5.74, 6) is 0.215. The van der Waals surface area contributed by atoms with E-state index in [9.17, 15) is 4.21 Å². The van der Waals surface area contributed by atoms with Crippen LogP contribution in [0.5, 0.6) is 0 Å². The first-order chi connectivity index (χ1) is 5.27. The molecule has 0 aliphatic carbocycles. The fourth-order valence-corrected chi connectivity index (χ4v) is 1.75. The van der Waals surface area contributed by atoms with Gasteiger partial charge < -0.3 is 5.73 Å². The largest absolute Gasteiger partial charge is 0.368 e. The molecule has 0 amide bonds. The number of nitrogens with zero attached hydrogens (tertiary/aromatic N) is 2. The van der Waals surface area contributed by atoms with Gasteiger partial charge in [-0.05, 0) is 6.08 Å². The molecule has 0 aromatic carbocycles. The summed E-state index contributed by atoms with van der Waals surface area (Å²) < 4.78 is 11.1. The van der Waals surface area contributed by atoms with Crippen LogP contribution in [0.15, 0.2) is 16.5 Å². The van der Waals surface area contributed by atoms with Gasteiger partial charge >= 0.3 is 0 Å². The Morgan fingerprint density at radius 2 is 2.36 bits per heavy atom. The van der Waals surface area contributed by atoms with Crippen LogP contribution in [0.1, 0.15) is 5.69 Å². The predicted molar refractivity (Wildman–Crippen MR) is 41.9 cm³/mol. The van der Waals surface area contributed by atoms with Gasteiger partial charge in [0.2, 0.25) is 5.95 Å². The Balaban J connectivity index is 2.66. The van der Waals surface area contributed by atoms with E-state index in [1.165, 1.54) is 6.20 Å². The molecule has 11 heavy (non-hydrogen) atoms. The topological polar surface area (TPSA) is 68.9 Å². The molecule has 0 bridgehead atoms. The van der Waals surface area contributed by atoms with Crippen molar-refractivity contribution in [3.63, 3.8) is 0 Å². The maximum Gasteiger partial charge on any atom is 0.220 e. The van der Waals surface area contributed by atoms with E-state index in [-0.39, 0.29) is 5.95 Å². The molecule has 0 fully saturated rings. The van der Waals surface area contributed by atoms with Crippen LogP contribution in [0.3, 0.4) is 0 Å². The van der Waals surface area contributed by atoms with Crippen LogP contribution in [0.4, 0.5) is 5.95 Å². The quantitative estimate of drug-likeness (QED) is 0.597. The SMILES string of the molecule is Nc1ncc2c(n1)C=CS2=O. The highest BCUT2D eigenvalue weighted by Gasteiger charge is 2.13. The third kappa shape index (κ3) is 0.932. The molecular weight excluding hydrogens is 162 g/mol. The summed E-state index contributed by atoms with van der Waals surface area (Å²) in [5, 5.41) is 1.57. The van der Waals surface area contributed by atoms with E-state index in [4.69, 9.17) is 5.73 Å². The van der Waals surface area contributed by atoms with E-state index in [2.05, 4.69) is 9.97 Å². The van der Waals surface area contributed by atoms with E-state index < -0.39 is 10.8 Å². The lowest BCUT2D eigenvalue weighted by Crippen LogP contribution is -1.97. The van der Waals surface area contributed by atoms with Crippen molar-refractivity contribution in [2.24, 2.45) is 0 Å². The van der Waals surface area contributed by atoms with Crippen LogP contribution in [0.2, 0.25) is 0 Å². The van der Waals surface area contributed by atoms with Crippen molar-refractivity contribution in [2.45, 2.75) is 4.90 Å². The highest BCUT2D eigenvalue weighted by Crippen LogP contribution is 2.20. The average molecular weight is 167 g/mol. The van der Waals surface area contributed by atoms with Crippen molar-refractivity contribution >= 4 is 22.8 Å². The molecule has 5 heteroatoms. The second kappa shape index (κ2) is 2.13. The zero-order valence-electron chi connectivity index (χ0n) is 5.52. The van der Waals surface area contributed by atoms with Gasteiger partial charge in [-0.15, -0.1) is 0 Å². The summed E-state index contributed by atoms with van der Waals surface area (Å²) in [4.78, 5) is 8.26. The van der Waals surface area contributed by atoms with Gasteiger partial charge in [-0.25, -0.2) is 14.2 Å². The summed E-state index contributed by atoms with van der Waals surface area (Å²) in [6, 6.07) is 0. The van der Waals surface area contributed by atoms with Crippen LogP contribution in [-0.4, -0.2) is 14.2 Å². The molecule has 1 aromatic rings. The van der Waals surface area contributed by atoms with Crippen LogP contribution < -0.4 is 5.73 Å². The number of rotatable bonds is 0. The second-order valence-electron chi connectivity index (χ2n) is 2.08. The van der Waals surface area contributed by atoms with E-state index in [0.717, 1.165) is 0 Å². The van der Waals surface area contributed by atoms with Gasteiger partial charge in [-0.3, -0.25) is 0 Å². The number of nitrogen functional groups attached to an aromatic ring is 1. The Morgan fingerprint density at radius 3 is 3.18 bits per heavy atom. The van der Waals surface area contributed by atoms with Crippen LogP contribution in [-0.2, 0) is 10.8 Å². The first-order valence-electron chi connectivity index (χ1n) is 2.98. The standard InChI is InChI=1S/C6H5N3OS/c7-6-8-3-5-4(9-6)1-2-11(5)10/h1-3H,(H2,7,8,9). The molecule has 0 saturated heterocycles. The van der Waals surface area contributed by atoms with Crippen molar-refractivity contribution in [3.05, 3.63) is 17.3 Å². The molecule has 2 N–H and O–H groups in total. The van der Waals surface area contributed by atoms with Gasteiger partial charge in [0.25, 0.3) is 0 Å². The molecule has 1 aliphatic heterocycles. The number of hydrogen-bond acceptors (Lipinski definition) is 4. The van der Waals surface area contributed by atoms with Crippen molar-refractivity contribution < 1.29 is 4.21 Å². The molecule has 4 nitrogen and oxygen atoms in total. The first-order valence-corrected chi connectivity index (χ1v) is 4.20. The number of aromatic nitrogens is 2. The third-order valence-corrected chi connectivity index (χ3v) is 2.50. The molecule has 1 aromatic heterocycles. The second-order valence-corrected chi connectivity index (χ2v) is 3.38. The maximum absolute atomic E-state index is 11.1. The highest BCUT2D eigenvalue weighted by molar-refractivity contribution is 7.88. The number of hydrogen-bond donors (Lipinski definition) is 1. The molecule has 1 atom stereocenters. The summed E-state index contributed by atoms with van der Waals surface area (Å²) in [7, 11) is -1.07. The van der Waals surface area contributed by atoms with Crippen molar-refractivity contribution in [2.75, 3.05) is 5.73 Å². The van der Waals surface area contributed by atoms with Gasteiger partial charge in [-0.1, -0.05) is 0 Å². The lowest BCUT2D eigenvalue weighted by molar-refractivity contribution is 0.688. The molecular formula is C6H5N3OS. The van der Waals surface area contributed by atoms with Crippen LogP contribution in [0, 0.1) is 0 Å². The molecule has 0 saturated carbocycles. The van der Waals surface area contributed by atoms with Gasteiger partial charge in [0, 0.05) is 11.6 Å². The third-order valence-electron chi connectivity index (χ3n) is 1.37. The number of fused-ring (bicyclic) bond motifs is 1. The van der Waals surface area contributed by atoms with Gasteiger partial charge in [0.1, 0.15) is 0 Å². The summed E-state index contributed by atoms with van der Waals surface area (Å²) >= 11 is 0. The minimum atomic E-state index is -1.07. The molecule has 0 radical (unpaired) electrons. The summed E-state index contributed by atoms with van der Waals surface area (Å²) in [5.41, 5.74) is 5.98. The van der Waals surface area contributed by atoms with Crippen molar-refractivity contribution in [1.82, 2.24) is 9.97 Å². The predicted octanol–water partition coefficient (Wildman–Crippen LogP) is 0.151. The van der Waals surface area contributed by atoms with Crippen molar-refractivity contribution in [3.8, 4) is 0 Å². The van der Waals surface area contributed by atoms with Crippen LogP contribution >= 0.6 is 0 Å². The van der Waals surface area contributed by atoms with Crippen LogP contribution in [0.25, 0.3) is 6.08 Å². The molecule has 2 heterocycles. The Kier molecular flexibility index (Phi) is 1.25. The first kappa shape index (κ1) is 6.48. The van der Waals surface area contributed by atoms with Gasteiger partial charge in [-0.2, -0.15) is 0 Å². The fourth-order valence-electron chi connectivity index (χ4n) is 0.872. The van der Waals surface area contributed by atoms with Gasteiger partial charge in [0.15, 0.2) is 0 Å². The van der Waals surface area contributed by atoms with E-state index in [1.54, 1.807) is 11.5 Å². The Morgan fingerprint density at radius 1 is 1.55 bits per heavy atom. The summed E-state index contributed by atoms with van der Waals surface area (Å²) in [6.45, 7) is 0. The monoisotopic (exact) mass is 167 g/mol. The lowest BCUT2D eigenvalue weighted by atomic mass is 10.4. The smallest absolute Gasteiger partial charge is 0.220 e. The lowest BCUT2D eigenvalue weighted by Gasteiger charge is -1.95. The average Bonchev–Trinajstić information content (AvgIpc) is 2.32. The zero-order chi connectivity index (χ0) is 7.84. The molecule has 1 aliphatic rings. The molecule has 1 unspecified atom stereocenters. The Bertz CT molecular complexity index is 361. The minimum Gasteiger partial charge on any atom is -0.368 e. The maximum atomic E-state index is 11.1. The van der Waals surface area contributed by atoms with Crippen molar-refractivity contribution in [1.29, 1.82) is 0 Å². The van der Waals surface area contributed by atoms with Gasteiger partial charge in [0.05, 0.1) is 21.4 Å². The fraction of sp³-hybridized carbons (Fsp3) is 0. The number of anilines is 1. The summed E-state index contributed by atoms with van der Waals surface area (Å²) in [6.07, 6.45) is 3.18. The number of nitrogens with two attached hydrogens (primary N) is 1. The normalized spacial score (nSPS) is 20.2. The minimum absolute atomic E-state index is 0.215. The van der Waals surface area contributed by atoms with E-state index in [1.807, 2.05) is 0 Å². The highest BCUT2D eigenvalue weighted by atomic mass is 32.2. The molecule has 0 spiro atoms. The Hall–Kier alpha value is -1.23. The van der Waals surface area contributed by atoms with E-state index in [0.29, 0.717) is 10.6 Å². The van der Waals surface area contributed by atoms with E-state index >= 15 is 0 Å². The molecule has 56 valence electrons.